The fourth-order valence-electron chi connectivity index (χ4n) is 12.0. The third-order valence-corrected chi connectivity index (χ3v) is 17.2. The predicted octanol–water partition coefficient (Wildman–Crippen LogP) is 20.5. The normalized spacial score (nSPS) is 11.5. The molecule has 7 rings (SSSR count). The first-order valence-corrected chi connectivity index (χ1v) is 32.0. The fraction of sp³-hybridized carbons (Fsp3) is 0.462. The number of rotatable bonds is 36. The van der Waals surface area contributed by atoms with Gasteiger partial charge in [-0.05, 0) is 254 Å². The Labute approximate surface area is 477 Å². The van der Waals surface area contributed by atoms with Crippen molar-refractivity contribution in [1.82, 2.24) is 0 Å². The van der Waals surface area contributed by atoms with Crippen LogP contribution in [0.25, 0.3) is 0 Å². The van der Waals surface area contributed by atoms with Crippen molar-refractivity contribution in [2.45, 2.75) is 234 Å². The van der Waals surface area contributed by atoms with E-state index in [2.05, 4.69) is 187 Å². The smallest absolute Gasteiger partial charge is 0.0233 e. The predicted molar refractivity (Wildman–Crippen MR) is 341 cm³/mol. The maximum atomic E-state index is 2.46. The molecular weight excluding hydrogens is 937 g/mol. The summed E-state index contributed by atoms with van der Waals surface area (Å²) < 4.78 is 0. The molecule has 0 atom stereocenters. The summed E-state index contributed by atoms with van der Waals surface area (Å²) in [5.74, 6) is 0. The minimum Gasteiger partial charge on any atom is -0.0654 e. The summed E-state index contributed by atoms with van der Waals surface area (Å²) >= 11 is 0. The lowest BCUT2D eigenvalue weighted by atomic mass is 9.76. The van der Waals surface area contributed by atoms with E-state index >= 15 is 0 Å². The number of aryl methyl sites for hydroxylation is 12. The Bertz CT molecular complexity index is 2210. The molecule has 0 aliphatic carbocycles. The quantitative estimate of drug-likeness (QED) is 0.0367. The van der Waals surface area contributed by atoms with Crippen LogP contribution < -0.4 is 0 Å². The number of benzene rings is 7. The van der Waals surface area contributed by atoms with Gasteiger partial charge in [-0.15, -0.1) is 0 Å². The van der Waals surface area contributed by atoms with E-state index < -0.39 is 0 Å². The van der Waals surface area contributed by atoms with Gasteiger partial charge in [0.2, 0.25) is 0 Å². The summed E-state index contributed by atoms with van der Waals surface area (Å²) in [6.07, 6.45) is 34.8. The Balaban J connectivity index is 1.41. The molecule has 0 spiro atoms. The Morgan fingerprint density at radius 3 is 0.346 bits per heavy atom. The highest BCUT2D eigenvalue weighted by Gasteiger charge is 2.24. The first-order valence-electron chi connectivity index (χ1n) is 32.0. The monoisotopic (exact) mass is 1040 g/mol. The average molecular weight is 1040 g/mol. The van der Waals surface area contributed by atoms with Crippen molar-refractivity contribution in [3.8, 4) is 0 Å². The van der Waals surface area contributed by atoms with Gasteiger partial charge in [-0.3, -0.25) is 0 Å². The molecular formula is C78H102. The Kier molecular flexibility index (Phi) is 26.1. The van der Waals surface area contributed by atoms with Crippen molar-refractivity contribution in [3.63, 3.8) is 0 Å². The summed E-state index contributed by atoms with van der Waals surface area (Å²) in [6, 6.07) is 58.7. The maximum absolute atomic E-state index is 2.46. The SMILES string of the molecule is CCCCc1ccc(CCc2c(CCc3ccc(CCCC)cc3)c(CCc3ccc(CCCC)cc3)c(CCc3ccc(CCCC)cc3)c(CCc3ccc(CCCC)cc3)c2CCc2ccc(CCCC)cc2)cc1. The minimum absolute atomic E-state index is 1.06. The van der Waals surface area contributed by atoms with Gasteiger partial charge in [0.1, 0.15) is 0 Å². The van der Waals surface area contributed by atoms with Crippen LogP contribution in [0.4, 0.5) is 0 Å². The molecule has 0 N–H and O–H groups in total. The lowest BCUT2D eigenvalue weighted by molar-refractivity contribution is 0.773. The van der Waals surface area contributed by atoms with Crippen LogP contribution >= 0.6 is 0 Å². The van der Waals surface area contributed by atoms with Gasteiger partial charge in [0.05, 0.1) is 0 Å². The Hall–Kier alpha value is -5.46. The van der Waals surface area contributed by atoms with Crippen molar-refractivity contribution in [1.29, 1.82) is 0 Å². The molecule has 0 unspecified atom stereocenters. The lowest BCUT2D eigenvalue weighted by Crippen LogP contribution is -2.18. The van der Waals surface area contributed by atoms with E-state index in [1.165, 1.54) is 182 Å². The molecule has 0 aliphatic heterocycles. The average Bonchev–Trinajstić information content (AvgIpc) is 3.68. The molecule has 0 aliphatic rings. The van der Waals surface area contributed by atoms with Crippen LogP contribution in [-0.4, -0.2) is 0 Å². The molecule has 0 radical (unpaired) electrons. The molecule has 78 heavy (non-hydrogen) atoms. The molecule has 0 fully saturated rings. The lowest BCUT2D eigenvalue weighted by Gasteiger charge is -2.28. The molecule has 0 saturated heterocycles. The van der Waals surface area contributed by atoms with Gasteiger partial charge < -0.3 is 0 Å². The topological polar surface area (TPSA) is 0 Å². The van der Waals surface area contributed by atoms with E-state index in [0.717, 1.165) is 77.0 Å². The first-order chi connectivity index (χ1) is 38.4. The molecule has 0 heterocycles. The van der Waals surface area contributed by atoms with Crippen LogP contribution in [0.3, 0.4) is 0 Å². The summed E-state index contributed by atoms with van der Waals surface area (Å²) in [7, 11) is 0. The summed E-state index contributed by atoms with van der Waals surface area (Å²) in [5.41, 5.74) is 27.7. The molecule has 7 aromatic rings. The van der Waals surface area contributed by atoms with Crippen molar-refractivity contribution in [2.24, 2.45) is 0 Å². The van der Waals surface area contributed by atoms with Crippen LogP contribution in [0.2, 0.25) is 0 Å². The van der Waals surface area contributed by atoms with Gasteiger partial charge in [-0.2, -0.15) is 0 Å². The third kappa shape index (κ3) is 19.4. The number of unbranched alkanes of at least 4 members (excludes halogenated alkanes) is 6. The van der Waals surface area contributed by atoms with Crippen molar-refractivity contribution in [2.75, 3.05) is 0 Å². The maximum Gasteiger partial charge on any atom is -0.0233 e. The molecule has 0 heteroatoms. The van der Waals surface area contributed by atoms with Crippen LogP contribution in [0.15, 0.2) is 146 Å². The Morgan fingerprint density at radius 1 is 0.141 bits per heavy atom. The van der Waals surface area contributed by atoms with Crippen LogP contribution in [0.1, 0.15) is 219 Å². The highest BCUT2D eigenvalue weighted by atomic mass is 14.3. The van der Waals surface area contributed by atoms with E-state index in [-0.39, 0.29) is 0 Å². The zero-order valence-corrected chi connectivity index (χ0v) is 50.1. The van der Waals surface area contributed by atoms with Crippen molar-refractivity contribution >= 4 is 0 Å². The van der Waals surface area contributed by atoms with Gasteiger partial charge in [0.25, 0.3) is 0 Å². The van der Waals surface area contributed by atoms with Gasteiger partial charge in [-0.1, -0.05) is 226 Å². The van der Waals surface area contributed by atoms with E-state index in [1.54, 1.807) is 33.4 Å². The number of hydrogen-bond donors (Lipinski definition) is 0. The summed E-state index contributed by atoms with van der Waals surface area (Å²) in [4.78, 5) is 0. The van der Waals surface area contributed by atoms with E-state index in [0.29, 0.717) is 0 Å². The standard InChI is InChI=1S/C78H102/c1-7-13-19-61-25-37-67(38-26-61)49-55-73-74(56-50-68-39-27-62(28-40-68)20-14-8-2)76(58-52-70-43-31-64(32-44-70)22-16-10-4)78(60-54-72-47-35-66(36-48-72)24-18-12-6)77(59-53-71-45-33-65(34-46-71)23-17-11-5)75(73)57-51-69-41-29-63(30-42-69)21-15-9-3/h25-48H,7-24,49-60H2,1-6H3. The van der Waals surface area contributed by atoms with Crippen molar-refractivity contribution in [3.05, 3.63) is 246 Å². The molecule has 0 aromatic heterocycles. The summed E-state index contributed by atoms with van der Waals surface area (Å²) in [5, 5.41) is 0. The Morgan fingerprint density at radius 2 is 0.244 bits per heavy atom. The van der Waals surface area contributed by atoms with Gasteiger partial charge in [0.15, 0.2) is 0 Å². The molecule has 0 saturated carbocycles. The van der Waals surface area contributed by atoms with E-state index in [1.807, 2.05) is 0 Å². The summed E-state index contributed by atoms with van der Waals surface area (Å²) in [6.45, 7) is 13.8. The zero-order chi connectivity index (χ0) is 54.6. The second-order valence-electron chi connectivity index (χ2n) is 23.4. The second-order valence-corrected chi connectivity index (χ2v) is 23.4. The van der Waals surface area contributed by atoms with Crippen LogP contribution in [0, 0.1) is 0 Å². The zero-order valence-electron chi connectivity index (χ0n) is 50.1. The largest absolute Gasteiger partial charge is 0.0654 e. The van der Waals surface area contributed by atoms with Gasteiger partial charge in [0, 0.05) is 0 Å². The molecule has 414 valence electrons. The van der Waals surface area contributed by atoms with Crippen molar-refractivity contribution < 1.29 is 0 Å². The van der Waals surface area contributed by atoms with E-state index in [9.17, 15) is 0 Å². The van der Waals surface area contributed by atoms with Crippen LogP contribution in [-0.2, 0) is 116 Å². The second kappa shape index (κ2) is 33.9. The highest BCUT2D eigenvalue weighted by Crippen LogP contribution is 2.36. The third-order valence-electron chi connectivity index (χ3n) is 17.2. The van der Waals surface area contributed by atoms with E-state index in [4.69, 9.17) is 0 Å². The number of hydrogen-bond acceptors (Lipinski definition) is 0. The van der Waals surface area contributed by atoms with Crippen LogP contribution in [0.5, 0.6) is 0 Å². The highest BCUT2D eigenvalue weighted by molar-refractivity contribution is 5.55. The molecule has 0 bridgehead atoms. The van der Waals surface area contributed by atoms with Gasteiger partial charge >= 0.3 is 0 Å². The minimum atomic E-state index is 1.06. The molecule has 0 amide bonds. The van der Waals surface area contributed by atoms with Gasteiger partial charge in [-0.25, -0.2) is 0 Å². The molecule has 7 aromatic carbocycles. The molecule has 0 nitrogen and oxygen atoms in total. The fourth-order valence-corrected chi connectivity index (χ4v) is 12.0. The first kappa shape index (κ1) is 60.2.